The molecule has 0 amide bonds. The summed E-state index contributed by atoms with van der Waals surface area (Å²) >= 11 is 7.30. The number of nitrogens with two attached hydrogens (primary N) is 1. The van der Waals surface area contributed by atoms with Crippen molar-refractivity contribution in [3.63, 3.8) is 0 Å². The first kappa shape index (κ1) is 11.2. The largest absolute Gasteiger partial charge is 0.397 e. The van der Waals surface area contributed by atoms with Gasteiger partial charge in [-0.05, 0) is 30.3 Å². The van der Waals surface area contributed by atoms with Crippen molar-refractivity contribution in [2.24, 2.45) is 0 Å². The van der Waals surface area contributed by atoms with Gasteiger partial charge in [-0.2, -0.15) is 0 Å². The molecule has 1 heterocycles. The van der Waals surface area contributed by atoms with Gasteiger partial charge in [0.2, 0.25) is 0 Å². The molecule has 5 heteroatoms. The molecule has 0 atom stereocenters. The Labute approximate surface area is 102 Å². The minimum absolute atomic E-state index is 0.334. The lowest BCUT2D eigenvalue weighted by Crippen LogP contribution is -2.10. The van der Waals surface area contributed by atoms with Crippen LogP contribution in [0.2, 0.25) is 4.34 Å². The maximum atomic E-state index is 12.9. The van der Waals surface area contributed by atoms with E-state index < -0.39 is 0 Å². The fourth-order valence-electron chi connectivity index (χ4n) is 1.43. The van der Waals surface area contributed by atoms with Crippen molar-refractivity contribution in [1.82, 2.24) is 0 Å². The van der Waals surface area contributed by atoms with E-state index in [0.717, 1.165) is 10.7 Å². The van der Waals surface area contributed by atoms with E-state index in [-0.39, 0.29) is 5.82 Å². The van der Waals surface area contributed by atoms with E-state index in [1.807, 2.05) is 24.1 Å². The first-order valence-corrected chi connectivity index (χ1v) is 5.81. The van der Waals surface area contributed by atoms with Crippen LogP contribution in [0.15, 0.2) is 30.3 Å². The van der Waals surface area contributed by atoms with Gasteiger partial charge in [0.1, 0.15) is 5.82 Å². The van der Waals surface area contributed by atoms with E-state index in [0.29, 0.717) is 10.0 Å². The highest BCUT2D eigenvalue weighted by molar-refractivity contribution is 7.20. The second kappa shape index (κ2) is 4.31. The lowest BCUT2D eigenvalue weighted by Gasteiger charge is -2.19. The molecule has 2 nitrogen and oxygen atoms in total. The van der Waals surface area contributed by atoms with Gasteiger partial charge >= 0.3 is 0 Å². The number of hydrogen-bond acceptors (Lipinski definition) is 3. The standard InChI is InChI=1S/C11H10ClFN2S/c1-15(11-5-4-10(12)16-11)9-3-2-7(13)6-8(9)14/h2-6H,14H2,1H3. The Hall–Kier alpha value is -1.26. The van der Waals surface area contributed by atoms with Gasteiger partial charge in [0.15, 0.2) is 0 Å². The van der Waals surface area contributed by atoms with Gasteiger partial charge in [0.05, 0.1) is 20.7 Å². The number of anilines is 3. The third kappa shape index (κ3) is 2.13. The van der Waals surface area contributed by atoms with E-state index in [1.165, 1.54) is 23.5 Å². The van der Waals surface area contributed by atoms with Crippen molar-refractivity contribution >= 4 is 39.3 Å². The Kier molecular flexibility index (Phi) is 3.03. The predicted molar refractivity (Wildman–Crippen MR) is 68.2 cm³/mol. The van der Waals surface area contributed by atoms with Crippen molar-refractivity contribution < 1.29 is 4.39 Å². The van der Waals surface area contributed by atoms with Gasteiger partial charge in [0, 0.05) is 7.05 Å². The van der Waals surface area contributed by atoms with Crippen molar-refractivity contribution in [2.75, 3.05) is 17.7 Å². The van der Waals surface area contributed by atoms with E-state index in [1.54, 1.807) is 6.07 Å². The molecule has 2 N–H and O–H groups in total. The molecule has 16 heavy (non-hydrogen) atoms. The normalized spacial score (nSPS) is 10.4. The number of nitrogen functional groups attached to an aromatic ring is 1. The molecular weight excluding hydrogens is 247 g/mol. The number of nitrogens with zero attached hydrogens (tertiary/aromatic N) is 1. The Morgan fingerprint density at radius 1 is 1.31 bits per heavy atom. The maximum absolute atomic E-state index is 12.9. The number of thiophene rings is 1. The minimum Gasteiger partial charge on any atom is -0.397 e. The smallest absolute Gasteiger partial charge is 0.125 e. The zero-order chi connectivity index (χ0) is 11.7. The number of halogens is 2. The maximum Gasteiger partial charge on any atom is 0.125 e. The first-order valence-electron chi connectivity index (χ1n) is 4.62. The summed E-state index contributed by atoms with van der Waals surface area (Å²) in [5.41, 5.74) is 6.93. The van der Waals surface area contributed by atoms with Gasteiger partial charge < -0.3 is 10.6 Å². The first-order chi connectivity index (χ1) is 7.58. The number of hydrogen-bond donors (Lipinski definition) is 1. The average Bonchev–Trinajstić information content (AvgIpc) is 2.64. The van der Waals surface area contributed by atoms with E-state index in [9.17, 15) is 4.39 Å². The quantitative estimate of drug-likeness (QED) is 0.826. The molecule has 0 radical (unpaired) electrons. The van der Waals surface area contributed by atoms with Crippen LogP contribution in [-0.4, -0.2) is 7.05 Å². The van der Waals surface area contributed by atoms with Crippen LogP contribution in [0.1, 0.15) is 0 Å². The van der Waals surface area contributed by atoms with Crippen LogP contribution in [0.5, 0.6) is 0 Å². The Morgan fingerprint density at radius 2 is 2.06 bits per heavy atom. The Balaban J connectivity index is 2.37. The molecule has 84 valence electrons. The van der Waals surface area contributed by atoms with Crippen molar-refractivity contribution in [3.8, 4) is 0 Å². The molecule has 0 aliphatic rings. The van der Waals surface area contributed by atoms with Crippen LogP contribution in [0, 0.1) is 5.82 Å². The summed E-state index contributed by atoms with van der Waals surface area (Å²) in [5.74, 6) is -0.334. The fourth-order valence-corrected chi connectivity index (χ4v) is 2.44. The minimum atomic E-state index is -0.334. The monoisotopic (exact) mass is 256 g/mol. The highest BCUT2D eigenvalue weighted by Gasteiger charge is 2.10. The highest BCUT2D eigenvalue weighted by Crippen LogP contribution is 2.35. The molecular formula is C11H10ClFN2S. The van der Waals surface area contributed by atoms with E-state index in [4.69, 9.17) is 17.3 Å². The predicted octanol–water partition coefficient (Wildman–Crippen LogP) is 3.89. The zero-order valence-electron chi connectivity index (χ0n) is 8.58. The molecule has 0 saturated carbocycles. The van der Waals surface area contributed by atoms with Gasteiger partial charge in [-0.25, -0.2) is 4.39 Å². The molecule has 0 fully saturated rings. The van der Waals surface area contributed by atoms with E-state index in [2.05, 4.69) is 0 Å². The topological polar surface area (TPSA) is 29.3 Å². The molecule has 1 aromatic heterocycles. The van der Waals surface area contributed by atoms with Gasteiger partial charge in [0.25, 0.3) is 0 Å². The number of benzene rings is 1. The van der Waals surface area contributed by atoms with Crippen LogP contribution in [0.25, 0.3) is 0 Å². The lowest BCUT2D eigenvalue weighted by molar-refractivity contribution is 0.628. The molecule has 2 rings (SSSR count). The number of rotatable bonds is 2. The SMILES string of the molecule is CN(c1ccc(Cl)s1)c1ccc(F)cc1N. The van der Waals surface area contributed by atoms with Crippen molar-refractivity contribution in [2.45, 2.75) is 0 Å². The van der Waals surface area contributed by atoms with Gasteiger partial charge in [-0.1, -0.05) is 11.6 Å². The molecule has 0 saturated heterocycles. The summed E-state index contributed by atoms with van der Waals surface area (Å²) in [6, 6.07) is 8.06. The van der Waals surface area contributed by atoms with Gasteiger partial charge in [-0.3, -0.25) is 0 Å². The van der Waals surface area contributed by atoms with Crippen LogP contribution in [0.4, 0.5) is 20.8 Å². The summed E-state index contributed by atoms with van der Waals surface area (Å²) < 4.78 is 13.6. The van der Waals surface area contributed by atoms with Gasteiger partial charge in [-0.15, -0.1) is 11.3 Å². The summed E-state index contributed by atoms with van der Waals surface area (Å²) in [4.78, 5) is 1.88. The summed E-state index contributed by atoms with van der Waals surface area (Å²) in [7, 11) is 1.87. The zero-order valence-corrected chi connectivity index (χ0v) is 10.1. The second-order valence-corrected chi connectivity index (χ2v) is 5.03. The second-order valence-electron chi connectivity index (χ2n) is 3.34. The Morgan fingerprint density at radius 3 is 2.62 bits per heavy atom. The molecule has 1 aromatic carbocycles. The molecule has 0 spiro atoms. The van der Waals surface area contributed by atoms with Crippen molar-refractivity contribution in [3.05, 3.63) is 40.5 Å². The third-order valence-corrected chi connectivity index (χ3v) is 3.55. The summed E-state index contributed by atoms with van der Waals surface area (Å²) in [6.45, 7) is 0. The van der Waals surface area contributed by atoms with Crippen molar-refractivity contribution in [1.29, 1.82) is 0 Å². The molecule has 0 bridgehead atoms. The van der Waals surface area contributed by atoms with Crippen LogP contribution in [-0.2, 0) is 0 Å². The molecule has 0 aliphatic heterocycles. The lowest BCUT2D eigenvalue weighted by atomic mass is 10.2. The Bertz CT molecular complexity index is 512. The highest BCUT2D eigenvalue weighted by atomic mass is 35.5. The molecule has 2 aromatic rings. The molecule has 0 unspecified atom stereocenters. The van der Waals surface area contributed by atoms with E-state index >= 15 is 0 Å². The summed E-state index contributed by atoms with van der Waals surface area (Å²) in [5, 5.41) is 0.961. The average molecular weight is 257 g/mol. The van der Waals surface area contributed by atoms with Crippen LogP contribution < -0.4 is 10.6 Å². The third-order valence-electron chi connectivity index (χ3n) is 2.24. The van der Waals surface area contributed by atoms with Crippen LogP contribution >= 0.6 is 22.9 Å². The summed E-state index contributed by atoms with van der Waals surface area (Å²) in [6.07, 6.45) is 0. The molecule has 0 aliphatic carbocycles. The van der Waals surface area contributed by atoms with Crippen LogP contribution in [0.3, 0.4) is 0 Å². The fraction of sp³-hybridized carbons (Fsp3) is 0.0909.